The second-order valence-electron chi connectivity index (χ2n) is 8.66. The topological polar surface area (TPSA) is 71.3 Å². The number of imidazole rings is 1. The standard InChI is InChI=1S/C22H26N6O/c1-14(2)21-16-11-15(5-6-17(16)24-25-21)18-12-23-19-7-8-20(26-28(18)19)27-9-10-29-22(3,4)13-27/h5-8,11-12,14H,9-10,13H2,1-4H3,(H,24,25). The second kappa shape index (κ2) is 6.56. The molecule has 3 aromatic heterocycles. The number of aromatic amines is 1. The monoisotopic (exact) mass is 390 g/mol. The van der Waals surface area contributed by atoms with Crippen molar-refractivity contribution in [2.75, 3.05) is 24.6 Å². The quantitative estimate of drug-likeness (QED) is 0.572. The summed E-state index contributed by atoms with van der Waals surface area (Å²) in [5.74, 6) is 1.33. The van der Waals surface area contributed by atoms with Gasteiger partial charge in [0, 0.05) is 29.7 Å². The molecule has 5 rings (SSSR count). The first-order valence-electron chi connectivity index (χ1n) is 10.1. The van der Waals surface area contributed by atoms with Gasteiger partial charge in [-0.15, -0.1) is 5.10 Å². The Labute approximate surface area is 169 Å². The number of ether oxygens (including phenoxy) is 1. The fraction of sp³-hybridized carbons (Fsp3) is 0.409. The summed E-state index contributed by atoms with van der Waals surface area (Å²) in [6, 6.07) is 10.4. The molecule has 150 valence electrons. The Morgan fingerprint density at radius 1 is 1.17 bits per heavy atom. The first-order chi connectivity index (χ1) is 13.9. The number of morpholine rings is 1. The maximum Gasteiger partial charge on any atom is 0.154 e. The molecule has 1 N–H and O–H groups in total. The van der Waals surface area contributed by atoms with Gasteiger partial charge in [0.05, 0.1) is 29.6 Å². The van der Waals surface area contributed by atoms with E-state index in [1.165, 1.54) is 0 Å². The molecule has 1 fully saturated rings. The number of nitrogens with zero attached hydrogens (tertiary/aromatic N) is 5. The molecule has 7 nitrogen and oxygen atoms in total. The molecular weight excluding hydrogens is 364 g/mol. The van der Waals surface area contributed by atoms with Crippen LogP contribution in [0.1, 0.15) is 39.3 Å². The van der Waals surface area contributed by atoms with Gasteiger partial charge >= 0.3 is 0 Å². The molecule has 0 aliphatic carbocycles. The van der Waals surface area contributed by atoms with Crippen LogP contribution >= 0.6 is 0 Å². The predicted molar refractivity (Wildman–Crippen MR) is 114 cm³/mol. The number of aromatic nitrogens is 5. The van der Waals surface area contributed by atoms with Gasteiger partial charge < -0.3 is 9.64 Å². The van der Waals surface area contributed by atoms with Crippen LogP contribution in [0.15, 0.2) is 36.5 Å². The molecule has 1 aromatic carbocycles. The van der Waals surface area contributed by atoms with Crippen molar-refractivity contribution >= 4 is 22.4 Å². The summed E-state index contributed by atoms with van der Waals surface area (Å²) in [7, 11) is 0. The van der Waals surface area contributed by atoms with E-state index >= 15 is 0 Å². The highest BCUT2D eigenvalue weighted by atomic mass is 16.5. The van der Waals surface area contributed by atoms with Crippen LogP contribution in [0.3, 0.4) is 0 Å². The smallest absolute Gasteiger partial charge is 0.154 e. The van der Waals surface area contributed by atoms with Gasteiger partial charge in [0.25, 0.3) is 0 Å². The molecule has 0 unspecified atom stereocenters. The molecule has 0 saturated carbocycles. The van der Waals surface area contributed by atoms with E-state index in [1.807, 2.05) is 22.8 Å². The minimum absolute atomic E-state index is 0.174. The fourth-order valence-corrected chi connectivity index (χ4v) is 4.07. The summed E-state index contributed by atoms with van der Waals surface area (Å²) in [5.41, 5.74) is 4.86. The third kappa shape index (κ3) is 3.15. The largest absolute Gasteiger partial charge is 0.372 e. The second-order valence-corrected chi connectivity index (χ2v) is 8.66. The highest BCUT2D eigenvalue weighted by Gasteiger charge is 2.28. The number of hydrogen-bond acceptors (Lipinski definition) is 5. The van der Waals surface area contributed by atoms with E-state index in [9.17, 15) is 0 Å². The van der Waals surface area contributed by atoms with E-state index in [2.05, 4.69) is 66.0 Å². The minimum Gasteiger partial charge on any atom is -0.372 e. The van der Waals surface area contributed by atoms with Crippen molar-refractivity contribution in [3.05, 3.63) is 42.2 Å². The number of hydrogen-bond donors (Lipinski definition) is 1. The van der Waals surface area contributed by atoms with Crippen molar-refractivity contribution in [2.45, 2.75) is 39.2 Å². The number of benzene rings is 1. The van der Waals surface area contributed by atoms with Gasteiger partial charge in [-0.25, -0.2) is 9.50 Å². The third-order valence-electron chi connectivity index (χ3n) is 5.55. The van der Waals surface area contributed by atoms with E-state index in [-0.39, 0.29) is 5.60 Å². The zero-order valence-corrected chi connectivity index (χ0v) is 17.3. The Bertz CT molecular complexity index is 1190. The van der Waals surface area contributed by atoms with Crippen LogP contribution in [0.4, 0.5) is 5.82 Å². The summed E-state index contributed by atoms with van der Waals surface area (Å²) in [4.78, 5) is 6.85. The maximum atomic E-state index is 5.85. The summed E-state index contributed by atoms with van der Waals surface area (Å²) >= 11 is 0. The van der Waals surface area contributed by atoms with E-state index in [1.54, 1.807) is 0 Å². The first kappa shape index (κ1) is 18.1. The van der Waals surface area contributed by atoms with Crippen molar-refractivity contribution < 1.29 is 4.74 Å². The molecule has 4 heterocycles. The summed E-state index contributed by atoms with van der Waals surface area (Å²) in [6.07, 6.45) is 1.89. The lowest BCUT2D eigenvalue weighted by Crippen LogP contribution is -2.48. The van der Waals surface area contributed by atoms with Crippen molar-refractivity contribution in [1.82, 2.24) is 24.8 Å². The Kier molecular flexibility index (Phi) is 4.10. The lowest BCUT2D eigenvalue weighted by Gasteiger charge is -2.38. The zero-order valence-electron chi connectivity index (χ0n) is 17.3. The number of rotatable bonds is 3. The van der Waals surface area contributed by atoms with Crippen molar-refractivity contribution in [3.63, 3.8) is 0 Å². The van der Waals surface area contributed by atoms with Gasteiger partial charge in [-0.3, -0.25) is 5.10 Å². The highest BCUT2D eigenvalue weighted by molar-refractivity contribution is 5.86. The minimum atomic E-state index is -0.174. The maximum absolute atomic E-state index is 5.85. The molecule has 0 spiro atoms. The average molecular weight is 390 g/mol. The Balaban J connectivity index is 1.59. The van der Waals surface area contributed by atoms with Crippen molar-refractivity contribution in [2.24, 2.45) is 0 Å². The molecule has 0 amide bonds. The molecule has 0 bridgehead atoms. The molecule has 1 saturated heterocycles. The van der Waals surface area contributed by atoms with Crippen LogP contribution in [0.25, 0.3) is 27.8 Å². The SMILES string of the molecule is CC(C)c1[nH]nc2ccc(-c3cnc4ccc(N5CCOC(C)(C)C5)nn34)cc12. The third-order valence-corrected chi connectivity index (χ3v) is 5.55. The van der Waals surface area contributed by atoms with Gasteiger partial charge in [0.1, 0.15) is 5.82 Å². The summed E-state index contributed by atoms with van der Waals surface area (Å²) in [5, 5.41) is 13.7. The lowest BCUT2D eigenvalue weighted by molar-refractivity contribution is -0.0279. The normalized spacial score (nSPS) is 16.9. The van der Waals surface area contributed by atoms with Crippen LogP contribution in [-0.2, 0) is 4.74 Å². The van der Waals surface area contributed by atoms with Gasteiger partial charge in [0.2, 0.25) is 0 Å². The van der Waals surface area contributed by atoms with Crippen LogP contribution in [-0.4, -0.2) is 50.1 Å². The van der Waals surface area contributed by atoms with Gasteiger partial charge in [-0.2, -0.15) is 5.10 Å². The van der Waals surface area contributed by atoms with E-state index in [0.717, 1.165) is 52.4 Å². The highest BCUT2D eigenvalue weighted by Crippen LogP contribution is 2.29. The number of nitrogens with one attached hydrogen (secondary N) is 1. The van der Waals surface area contributed by atoms with Crippen LogP contribution in [0.5, 0.6) is 0 Å². The molecule has 0 atom stereocenters. The fourth-order valence-electron chi connectivity index (χ4n) is 4.07. The number of fused-ring (bicyclic) bond motifs is 2. The predicted octanol–water partition coefficient (Wildman–Crippen LogP) is 4.01. The molecule has 4 aromatic rings. The lowest BCUT2D eigenvalue weighted by atomic mass is 10.0. The molecule has 0 radical (unpaired) electrons. The average Bonchev–Trinajstić information content (AvgIpc) is 3.30. The van der Waals surface area contributed by atoms with Gasteiger partial charge in [-0.1, -0.05) is 19.9 Å². The summed E-state index contributed by atoms with van der Waals surface area (Å²) < 4.78 is 7.79. The Morgan fingerprint density at radius 3 is 2.83 bits per heavy atom. The molecule has 1 aliphatic rings. The summed E-state index contributed by atoms with van der Waals surface area (Å²) in [6.45, 7) is 10.9. The van der Waals surface area contributed by atoms with E-state index in [4.69, 9.17) is 9.84 Å². The Morgan fingerprint density at radius 2 is 2.03 bits per heavy atom. The van der Waals surface area contributed by atoms with E-state index < -0.39 is 0 Å². The van der Waals surface area contributed by atoms with Crippen molar-refractivity contribution in [3.8, 4) is 11.3 Å². The van der Waals surface area contributed by atoms with Gasteiger partial charge in [-0.05, 0) is 44.0 Å². The van der Waals surface area contributed by atoms with Gasteiger partial charge in [0.15, 0.2) is 5.65 Å². The number of anilines is 1. The molecule has 7 heteroatoms. The molecular formula is C22H26N6O. The molecule has 29 heavy (non-hydrogen) atoms. The van der Waals surface area contributed by atoms with Crippen LogP contribution in [0, 0.1) is 0 Å². The van der Waals surface area contributed by atoms with Crippen molar-refractivity contribution in [1.29, 1.82) is 0 Å². The number of H-pyrrole nitrogens is 1. The van der Waals surface area contributed by atoms with Crippen LogP contribution in [0.2, 0.25) is 0 Å². The van der Waals surface area contributed by atoms with E-state index in [0.29, 0.717) is 12.5 Å². The first-order valence-corrected chi connectivity index (χ1v) is 10.1. The molecule has 1 aliphatic heterocycles. The zero-order chi connectivity index (χ0) is 20.2. The van der Waals surface area contributed by atoms with Crippen LogP contribution < -0.4 is 4.90 Å². The Hall–Kier alpha value is -2.93.